The van der Waals surface area contributed by atoms with Gasteiger partial charge >= 0.3 is 0 Å². The Labute approximate surface area is 140 Å². The summed E-state index contributed by atoms with van der Waals surface area (Å²) in [6, 6.07) is 0. The third-order valence-electron chi connectivity index (χ3n) is 5.73. The first-order chi connectivity index (χ1) is 11.0. The summed E-state index contributed by atoms with van der Waals surface area (Å²) in [6.07, 6.45) is 9.04. The van der Waals surface area contributed by atoms with Crippen LogP contribution in [0.5, 0.6) is 0 Å². The number of hydrogen-bond acceptors (Lipinski definition) is 4. The smallest absolute Gasteiger partial charge is 0.171 e. The molecule has 3 rings (SSSR count). The molecule has 1 saturated heterocycles. The molecule has 0 bridgehead atoms. The molecule has 4 heteroatoms. The standard InChI is InChI=1S/C19H32O4/c1-13(2)18-5-4-14(3)12-19(18)22-9-7-16(23-19)11-17-10-15(20)6-8-21-17/h6,8,13-18,20H,4-5,7,9-12H2,1-3H3/t14-,15+,16+,17-,18+,19?/m1/s1. The minimum Gasteiger partial charge on any atom is -0.498 e. The molecule has 4 nitrogen and oxygen atoms in total. The van der Waals surface area contributed by atoms with Gasteiger partial charge in [0.15, 0.2) is 5.79 Å². The molecule has 2 heterocycles. The molecule has 1 N–H and O–H groups in total. The third kappa shape index (κ3) is 3.92. The molecular weight excluding hydrogens is 292 g/mol. The van der Waals surface area contributed by atoms with E-state index in [2.05, 4.69) is 20.8 Å². The van der Waals surface area contributed by atoms with Crippen molar-refractivity contribution in [3.63, 3.8) is 0 Å². The molecule has 2 aliphatic heterocycles. The molecule has 1 spiro atoms. The summed E-state index contributed by atoms with van der Waals surface area (Å²) in [5.41, 5.74) is 0. The second kappa shape index (κ2) is 7.12. The van der Waals surface area contributed by atoms with E-state index in [1.165, 1.54) is 12.8 Å². The molecular formula is C19H32O4. The average Bonchev–Trinajstić information content (AvgIpc) is 2.46. The van der Waals surface area contributed by atoms with E-state index in [4.69, 9.17) is 14.2 Å². The van der Waals surface area contributed by atoms with Gasteiger partial charge in [-0.15, -0.1) is 0 Å². The summed E-state index contributed by atoms with van der Waals surface area (Å²) in [4.78, 5) is 0. The first-order valence-electron chi connectivity index (χ1n) is 9.30. The number of aliphatic hydroxyl groups is 1. The minimum absolute atomic E-state index is 0.0497. The minimum atomic E-state index is -0.405. The highest BCUT2D eigenvalue weighted by molar-refractivity contribution is 4.94. The molecule has 0 aromatic heterocycles. The molecule has 6 atom stereocenters. The topological polar surface area (TPSA) is 47.9 Å². The van der Waals surface area contributed by atoms with Gasteiger partial charge in [-0.2, -0.15) is 0 Å². The third-order valence-corrected chi connectivity index (χ3v) is 5.73. The summed E-state index contributed by atoms with van der Waals surface area (Å²) in [7, 11) is 0. The van der Waals surface area contributed by atoms with Gasteiger partial charge in [-0.3, -0.25) is 0 Å². The highest BCUT2D eigenvalue weighted by Crippen LogP contribution is 2.47. The summed E-state index contributed by atoms with van der Waals surface area (Å²) in [6.45, 7) is 7.64. The molecule has 0 aromatic carbocycles. The first-order valence-corrected chi connectivity index (χ1v) is 9.30. The Morgan fingerprint density at radius 1 is 1.22 bits per heavy atom. The van der Waals surface area contributed by atoms with Crippen molar-refractivity contribution in [2.75, 3.05) is 6.61 Å². The van der Waals surface area contributed by atoms with Gasteiger partial charge in [-0.1, -0.05) is 27.2 Å². The van der Waals surface area contributed by atoms with Crippen LogP contribution in [-0.4, -0.2) is 35.8 Å². The van der Waals surface area contributed by atoms with Crippen molar-refractivity contribution >= 4 is 0 Å². The number of aliphatic hydroxyl groups excluding tert-OH is 1. The lowest BCUT2D eigenvalue weighted by molar-refractivity contribution is -0.341. The average molecular weight is 324 g/mol. The summed E-state index contributed by atoms with van der Waals surface area (Å²) in [5, 5.41) is 9.77. The zero-order valence-electron chi connectivity index (χ0n) is 14.7. The van der Waals surface area contributed by atoms with E-state index in [1.807, 2.05) is 0 Å². The van der Waals surface area contributed by atoms with Crippen LogP contribution in [-0.2, 0) is 14.2 Å². The molecule has 1 saturated carbocycles. The Balaban J connectivity index is 1.67. The van der Waals surface area contributed by atoms with Crippen LogP contribution >= 0.6 is 0 Å². The normalized spacial score (nSPS) is 44.5. The molecule has 3 aliphatic rings. The van der Waals surface area contributed by atoms with E-state index in [1.54, 1.807) is 12.3 Å². The van der Waals surface area contributed by atoms with Gasteiger partial charge in [0.2, 0.25) is 0 Å². The lowest BCUT2D eigenvalue weighted by Gasteiger charge is -2.51. The highest BCUT2D eigenvalue weighted by atomic mass is 16.7. The Bertz CT molecular complexity index is 422. The van der Waals surface area contributed by atoms with Crippen LogP contribution in [0, 0.1) is 17.8 Å². The molecule has 1 aliphatic carbocycles. The molecule has 0 amide bonds. The number of hydrogen-bond donors (Lipinski definition) is 1. The first kappa shape index (κ1) is 17.2. The zero-order chi connectivity index (χ0) is 16.4. The van der Waals surface area contributed by atoms with E-state index in [9.17, 15) is 5.11 Å². The predicted molar refractivity (Wildman–Crippen MR) is 88.8 cm³/mol. The van der Waals surface area contributed by atoms with Crippen molar-refractivity contribution in [2.45, 2.75) is 83.4 Å². The summed E-state index contributed by atoms with van der Waals surface area (Å²) < 4.78 is 18.5. The fourth-order valence-corrected chi connectivity index (χ4v) is 4.57. The van der Waals surface area contributed by atoms with Crippen LogP contribution in [0.3, 0.4) is 0 Å². The maximum atomic E-state index is 9.77. The van der Waals surface area contributed by atoms with E-state index in [0.717, 1.165) is 25.9 Å². The predicted octanol–water partition coefficient (Wildman–Crippen LogP) is 3.63. The van der Waals surface area contributed by atoms with Gasteiger partial charge in [0.05, 0.1) is 25.1 Å². The van der Waals surface area contributed by atoms with Gasteiger partial charge in [-0.05, 0) is 30.8 Å². The number of rotatable bonds is 3. The van der Waals surface area contributed by atoms with Crippen LogP contribution in [0.2, 0.25) is 0 Å². The van der Waals surface area contributed by atoms with Crippen LogP contribution in [0.4, 0.5) is 0 Å². The van der Waals surface area contributed by atoms with Crippen molar-refractivity contribution in [1.29, 1.82) is 0 Å². The maximum absolute atomic E-state index is 9.77. The lowest BCUT2D eigenvalue weighted by atomic mass is 9.72. The Hall–Kier alpha value is -0.580. The zero-order valence-corrected chi connectivity index (χ0v) is 14.7. The van der Waals surface area contributed by atoms with Crippen molar-refractivity contribution < 1.29 is 19.3 Å². The largest absolute Gasteiger partial charge is 0.498 e. The van der Waals surface area contributed by atoms with Crippen LogP contribution in [0.1, 0.15) is 59.3 Å². The summed E-state index contributed by atoms with van der Waals surface area (Å²) in [5.74, 6) is 1.29. The fraction of sp³-hybridized carbons (Fsp3) is 0.895. The van der Waals surface area contributed by atoms with Crippen molar-refractivity contribution in [1.82, 2.24) is 0 Å². The van der Waals surface area contributed by atoms with Crippen molar-refractivity contribution in [3.05, 3.63) is 12.3 Å². The highest BCUT2D eigenvalue weighted by Gasteiger charge is 2.49. The van der Waals surface area contributed by atoms with Crippen LogP contribution < -0.4 is 0 Å². The molecule has 0 aromatic rings. The molecule has 23 heavy (non-hydrogen) atoms. The van der Waals surface area contributed by atoms with Crippen LogP contribution in [0.15, 0.2) is 12.3 Å². The maximum Gasteiger partial charge on any atom is 0.171 e. The Kier molecular flexibility index (Phi) is 5.34. The van der Waals surface area contributed by atoms with Crippen molar-refractivity contribution in [3.8, 4) is 0 Å². The van der Waals surface area contributed by atoms with E-state index in [-0.39, 0.29) is 18.3 Å². The number of ether oxygens (including phenoxy) is 3. The molecule has 0 radical (unpaired) electrons. The summed E-state index contributed by atoms with van der Waals surface area (Å²) >= 11 is 0. The molecule has 132 valence electrons. The SMILES string of the molecule is CC(C)[C@@H]1CC[C@@H](C)CC12OCC[C@@H](C[C@H]1C[C@@H](O)C=CO1)O2. The fourth-order valence-electron chi connectivity index (χ4n) is 4.57. The molecule has 1 unspecified atom stereocenters. The van der Waals surface area contributed by atoms with Gasteiger partial charge in [0, 0.05) is 25.2 Å². The van der Waals surface area contributed by atoms with Crippen molar-refractivity contribution in [2.24, 2.45) is 17.8 Å². The van der Waals surface area contributed by atoms with Gasteiger partial charge in [0.1, 0.15) is 6.10 Å². The lowest BCUT2D eigenvalue weighted by Crippen LogP contribution is -2.55. The quantitative estimate of drug-likeness (QED) is 0.861. The second-order valence-electron chi connectivity index (χ2n) is 8.05. The Morgan fingerprint density at radius 3 is 2.78 bits per heavy atom. The van der Waals surface area contributed by atoms with Gasteiger partial charge in [0.25, 0.3) is 0 Å². The Morgan fingerprint density at radius 2 is 2.04 bits per heavy atom. The van der Waals surface area contributed by atoms with E-state index < -0.39 is 5.79 Å². The van der Waals surface area contributed by atoms with Gasteiger partial charge < -0.3 is 19.3 Å². The van der Waals surface area contributed by atoms with Gasteiger partial charge in [-0.25, -0.2) is 0 Å². The monoisotopic (exact) mass is 324 g/mol. The van der Waals surface area contributed by atoms with E-state index >= 15 is 0 Å². The second-order valence-corrected chi connectivity index (χ2v) is 8.05. The van der Waals surface area contributed by atoms with E-state index in [0.29, 0.717) is 24.2 Å². The molecule has 2 fully saturated rings. The van der Waals surface area contributed by atoms with Crippen LogP contribution in [0.25, 0.3) is 0 Å².